The van der Waals surface area contributed by atoms with Crippen molar-refractivity contribution in [1.29, 1.82) is 0 Å². The van der Waals surface area contributed by atoms with E-state index >= 15 is 0 Å². The monoisotopic (exact) mass is 352 g/mol. The number of nitrogens with one attached hydrogen (secondary N) is 1. The van der Waals surface area contributed by atoms with E-state index in [1.165, 1.54) is 6.07 Å². The SMILES string of the molecule is Cc1nc(NCc2cc(N)cc(C(F)(F)F)c2)c2cc(C)sc2n1. The summed E-state index contributed by atoms with van der Waals surface area (Å²) >= 11 is 1.55. The molecule has 0 saturated heterocycles. The Morgan fingerprint density at radius 1 is 1.12 bits per heavy atom. The van der Waals surface area contributed by atoms with E-state index < -0.39 is 11.7 Å². The van der Waals surface area contributed by atoms with Gasteiger partial charge in [-0.15, -0.1) is 11.3 Å². The lowest BCUT2D eigenvalue weighted by Gasteiger charge is -2.12. The molecule has 0 amide bonds. The Kier molecular flexibility index (Phi) is 4.08. The third-order valence-corrected chi connectivity index (χ3v) is 4.37. The highest BCUT2D eigenvalue weighted by molar-refractivity contribution is 7.18. The lowest BCUT2D eigenvalue weighted by Crippen LogP contribution is -2.09. The molecular weight excluding hydrogens is 337 g/mol. The van der Waals surface area contributed by atoms with Gasteiger partial charge in [-0.3, -0.25) is 0 Å². The highest BCUT2D eigenvalue weighted by Crippen LogP contribution is 2.32. The van der Waals surface area contributed by atoms with Gasteiger partial charge in [-0.1, -0.05) is 0 Å². The number of anilines is 2. The predicted molar refractivity (Wildman–Crippen MR) is 90.1 cm³/mol. The van der Waals surface area contributed by atoms with Crippen LogP contribution < -0.4 is 11.1 Å². The van der Waals surface area contributed by atoms with Gasteiger partial charge in [0.25, 0.3) is 0 Å². The number of nitrogens with two attached hydrogens (primary N) is 1. The van der Waals surface area contributed by atoms with Gasteiger partial charge in [-0.25, -0.2) is 9.97 Å². The molecule has 0 bridgehead atoms. The van der Waals surface area contributed by atoms with E-state index in [1.54, 1.807) is 18.3 Å². The number of alkyl halides is 3. The quantitative estimate of drug-likeness (QED) is 0.680. The number of hydrogen-bond acceptors (Lipinski definition) is 5. The minimum Gasteiger partial charge on any atom is -0.399 e. The van der Waals surface area contributed by atoms with Crippen LogP contribution in [0.2, 0.25) is 0 Å². The van der Waals surface area contributed by atoms with Crippen LogP contribution in [0.3, 0.4) is 0 Å². The molecule has 0 aliphatic rings. The number of fused-ring (bicyclic) bond motifs is 1. The van der Waals surface area contributed by atoms with E-state index in [9.17, 15) is 13.2 Å². The number of aryl methyl sites for hydroxylation is 2. The lowest BCUT2D eigenvalue weighted by atomic mass is 10.1. The van der Waals surface area contributed by atoms with Crippen LogP contribution in [-0.4, -0.2) is 9.97 Å². The Bertz CT molecular complexity index is 902. The van der Waals surface area contributed by atoms with Gasteiger partial charge >= 0.3 is 6.18 Å². The first-order valence-corrected chi connectivity index (χ1v) is 7.99. The molecule has 0 aliphatic carbocycles. The van der Waals surface area contributed by atoms with Crippen molar-refractivity contribution in [3.05, 3.63) is 46.1 Å². The van der Waals surface area contributed by atoms with Crippen LogP contribution in [0.15, 0.2) is 24.3 Å². The molecule has 0 saturated carbocycles. The third-order valence-electron chi connectivity index (χ3n) is 3.43. The largest absolute Gasteiger partial charge is 0.416 e. The fourth-order valence-electron chi connectivity index (χ4n) is 2.45. The Balaban J connectivity index is 1.90. The van der Waals surface area contributed by atoms with Crippen molar-refractivity contribution in [3.8, 4) is 0 Å². The number of rotatable bonds is 3. The molecule has 8 heteroatoms. The number of halogens is 3. The van der Waals surface area contributed by atoms with Crippen molar-refractivity contribution in [1.82, 2.24) is 9.97 Å². The standard InChI is InChI=1S/C16H15F3N4S/c1-8-3-13-14(22-9(2)23-15(13)24-8)21-7-10-4-11(16(17,18)19)6-12(20)5-10/h3-6H,7,20H2,1-2H3,(H,21,22,23). The molecular formula is C16H15F3N4S. The van der Waals surface area contributed by atoms with E-state index in [2.05, 4.69) is 15.3 Å². The van der Waals surface area contributed by atoms with Crippen LogP contribution >= 0.6 is 11.3 Å². The summed E-state index contributed by atoms with van der Waals surface area (Å²) in [4.78, 5) is 10.7. The molecule has 3 aromatic rings. The van der Waals surface area contributed by atoms with Crippen molar-refractivity contribution < 1.29 is 13.2 Å². The zero-order chi connectivity index (χ0) is 17.5. The second-order valence-electron chi connectivity index (χ2n) is 5.51. The van der Waals surface area contributed by atoms with Gasteiger partial charge in [0.15, 0.2) is 0 Å². The normalized spacial score (nSPS) is 11.9. The van der Waals surface area contributed by atoms with E-state index in [4.69, 9.17) is 5.73 Å². The second-order valence-corrected chi connectivity index (χ2v) is 6.74. The Labute approximate surface area is 140 Å². The molecule has 126 valence electrons. The Morgan fingerprint density at radius 3 is 2.58 bits per heavy atom. The number of nitrogens with zero attached hydrogens (tertiary/aromatic N) is 2. The first kappa shape index (κ1) is 16.5. The average molecular weight is 352 g/mol. The van der Waals surface area contributed by atoms with E-state index in [-0.39, 0.29) is 12.2 Å². The maximum atomic E-state index is 12.9. The fraction of sp³-hybridized carbons (Fsp3) is 0.250. The van der Waals surface area contributed by atoms with Crippen molar-refractivity contribution in [2.45, 2.75) is 26.6 Å². The van der Waals surface area contributed by atoms with Gasteiger partial charge in [0.2, 0.25) is 0 Å². The van der Waals surface area contributed by atoms with Crippen molar-refractivity contribution in [3.63, 3.8) is 0 Å². The molecule has 3 N–H and O–H groups in total. The highest BCUT2D eigenvalue weighted by Gasteiger charge is 2.31. The molecule has 2 heterocycles. The van der Waals surface area contributed by atoms with E-state index in [0.29, 0.717) is 17.2 Å². The van der Waals surface area contributed by atoms with Gasteiger partial charge in [0.05, 0.1) is 10.9 Å². The van der Waals surface area contributed by atoms with Crippen LogP contribution in [0.4, 0.5) is 24.7 Å². The summed E-state index contributed by atoms with van der Waals surface area (Å²) in [7, 11) is 0. The summed E-state index contributed by atoms with van der Waals surface area (Å²) in [6.07, 6.45) is -4.42. The first-order valence-electron chi connectivity index (χ1n) is 7.17. The first-order chi connectivity index (χ1) is 11.2. The molecule has 0 spiro atoms. The molecule has 0 atom stereocenters. The summed E-state index contributed by atoms with van der Waals surface area (Å²) in [5.41, 5.74) is 5.36. The van der Waals surface area contributed by atoms with E-state index in [1.807, 2.05) is 13.0 Å². The summed E-state index contributed by atoms with van der Waals surface area (Å²) in [5.74, 6) is 1.22. The summed E-state index contributed by atoms with van der Waals surface area (Å²) in [6, 6.07) is 5.50. The van der Waals surface area contributed by atoms with Gasteiger partial charge in [0.1, 0.15) is 16.5 Å². The molecule has 0 unspecified atom stereocenters. The molecule has 4 nitrogen and oxygen atoms in total. The maximum Gasteiger partial charge on any atom is 0.416 e. The summed E-state index contributed by atoms with van der Waals surface area (Å²) in [5, 5.41) is 3.96. The molecule has 1 aromatic carbocycles. The Hall–Kier alpha value is -2.35. The number of hydrogen-bond donors (Lipinski definition) is 2. The van der Waals surface area contributed by atoms with Gasteiger partial charge < -0.3 is 11.1 Å². The van der Waals surface area contributed by atoms with Crippen molar-refractivity contribution in [2.24, 2.45) is 0 Å². The topological polar surface area (TPSA) is 63.8 Å². The van der Waals surface area contributed by atoms with Crippen LogP contribution in [0.1, 0.15) is 21.8 Å². The fourth-order valence-corrected chi connectivity index (χ4v) is 3.38. The Morgan fingerprint density at radius 2 is 1.88 bits per heavy atom. The van der Waals surface area contributed by atoms with Crippen molar-refractivity contribution in [2.75, 3.05) is 11.1 Å². The highest BCUT2D eigenvalue weighted by atomic mass is 32.1. The predicted octanol–water partition coefficient (Wildman–Crippen LogP) is 4.52. The maximum absolute atomic E-state index is 12.9. The number of aromatic nitrogens is 2. The summed E-state index contributed by atoms with van der Waals surface area (Å²) in [6.45, 7) is 3.94. The summed E-state index contributed by atoms with van der Waals surface area (Å²) < 4.78 is 38.6. The van der Waals surface area contributed by atoms with E-state index in [0.717, 1.165) is 27.2 Å². The minimum atomic E-state index is -4.42. The lowest BCUT2D eigenvalue weighted by molar-refractivity contribution is -0.137. The molecule has 0 radical (unpaired) electrons. The van der Waals surface area contributed by atoms with Crippen LogP contribution in [0, 0.1) is 13.8 Å². The number of thiophene rings is 1. The molecule has 2 aromatic heterocycles. The minimum absolute atomic E-state index is 0.0806. The van der Waals surface area contributed by atoms with Gasteiger partial charge in [-0.2, -0.15) is 13.2 Å². The van der Waals surface area contributed by atoms with Crippen molar-refractivity contribution >= 4 is 33.1 Å². The van der Waals surface area contributed by atoms with Crippen LogP contribution in [0.5, 0.6) is 0 Å². The number of nitrogen functional groups attached to an aromatic ring is 1. The molecule has 24 heavy (non-hydrogen) atoms. The molecule has 3 rings (SSSR count). The average Bonchev–Trinajstić information content (AvgIpc) is 2.83. The van der Waals surface area contributed by atoms with Crippen LogP contribution in [-0.2, 0) is 12.7 Å². The van der Waals surface area contributed by atoms with Gasteiger partial charge in [-0.05, 0) is 43.7 Å². The molecule has 0 aliphatic heterocycles. The second kappa shape index (κ2) is 5.94. The zero-order valence-electron chi connectivity index (χ0n) is 13.0. The smallest absolute Gasteiger partial charge is 0.399 e. The number of benzene rings is 1. The van der Waals surface area contributed by atoms with Gasteiger partial charge in [0, 0.05) is 17.1 Å². The van der Waals surface area contributed by atoms with Crippen LogP contribution in [0.25, 0.3) is 10.2 Å². The molecule has 0 fully saturated rings. The zero-order valence-corrected chi connectivity index (χ0v) is 13.8. The third kappa shape index (κ3) is 3.43.